The number of nitrogens with one attached hydrogen (secondary N) is 3. The maximum atomic E-state index is 12.4. The summed E-state index contributed by atoms with van der Waals surface area (Å²) in [6.45, 7) is 6.42. The number of benzene rings is 2. The number of hydrogen-bond donors (Lipinski definition) is 3. The van der Waals surface area contributed by atoms with E-state index in [1.165, 1.54) is 0 Å². The molecule has 3 N–H and O–H groups in total. The molecule has 2 amide bonds. The maximum Gasteiger partial charge on any atom is 0.407 e. The number of hydrogen-bond acceptors (Lipinski definition) is 5. The second-order valence-corrected chi connectivity index (χ2v) is 11.8. The van der Waals surface area contributed by atoms with E-state index in [0.29, 0.717) is 39.9 Å². The fourth-order valence-corrected chi connectivity index (χ4v) is 4.64. The number of anilines is 1. The molecule has 0 aliphatic heterocycles. The van der Waals surface area contributed by atoms with E-state index in [1.807, 2.05) is 20.8 Å². The highest BCUT2D eigenvalue weighted by Crippen LogP contribution is 2.26. The minimum Gasteiger partial charge on any atom is -0.444 e. The molecule has 198 valence electrons. The van der Waals surface area contributed by atoms with Gasteiger partial charge in [0.1, 0.15) is 5.60 Å². The number of carbonyl (C=O) groups is 2. The molecule has 2 rings (SSSR count). The highest BCUT2D eigenvalue weighted by atomic mass is 35.5. The fourth-order valence-electron chi connectivity index (χ4n) is 3.14. The summed E-state index contributed by atoms with van der Waals surface area (Å²) >= 11 is 12.1. The van der Waals surface area contributed by atoms with Gasteiger partial charge in [0.2, 0.25) is 10.0 Å². The van der Waals surface area contributed by atoms with Gasteiger partial charge in [-0.2, -0.15) is 0 Å². The van der Waals surface area contributed by atoms with Crippen molar-refractivity contribution < 1.29 is 22.7 Å². The molecular weight excluding hydrogens is 525 g/mol. The summed E-state index contributed by atoms with van der Waals surface area (Å²) in [6, 6.07) is 11.3. The van der Waals surface area contributed by atoms with Gasteiger partial charge in [-0.25, -0.2) is 13.2 Å². The molecule has 8 nitrogen and oxygen atoms in total. The van der Waals surface area contributed by atoms with Crippen LogP contribution in [-0.2, 0) is 21.2 Å². The predicted molar refractivity (Wildman–Crippen MR) is 144 cm³/mol. The van der Waals surface area contributed by atoms with Crippen molar-refractivity contribution in [3.63, 3.8) is 0 Å². The number of rotatable bonds is 12. The van der Waals surface area contributed by atoms with Gasteiger partial charge in [-0.1, -0.05) is 35.3 Å². The SMILES string of the molecule is CC(C)(C)OC(=O)NCCCCCNC(=O)c1ccc(NS(=O)(=O)CCc2cccc(Cl)c2Cl)cc1. The van der Waals surface area contributed by atoms with Gasteiger partial charge in [0.15, 0.2) is 0 Å². The van der Waals surface area contributed by atoms with Crippen LogP contribution in [0.1, 0.15) is 56.0 Å². The van der Waals surface area contributed by atoms with Crippen LogP contribution in [0.4, 0.5) is 10.5 Å². The Bertz CT molecular complexity index is 1130. The Kier molecular flexibility index (Phi) is 11.3. The summed E-state index contributed by atoms with van der Waals surface area (Å²) in [4.78, 5) is 23.9. The normalized spacial score (nSPS) is 11.6. The molecule has 0 fully saturated rings. The first-order valence-electron chi connectivity index (χ1n) is 11.6. The van der Waals surface area contributed by atoms with Crippen LogP contribution in [0.3, 0.4) is 0 Å². The van der Waals surface area contributed by atoms with Gasteiger partial charge < -0.3 is 15.4 Å². The second-order valence-electron chi connectivity index (χ2n) is 9.21. The van der Waals surface area contributed by atoms with Gasteiger partial charge in [-0.3, -0.25) is 9.52 Å². The summed E-state index contributed by atoms with van der Waals surface area (Å²) in [5, 5.41) is 6.26. The van der Waals surface area contributed by atoms with Crippen molar-refractivity contribution >= 4 is 50.9 Å². The molecule has 0 radical (unpaired) electrons. The van der Waals surface area contributed by atoms with E-state index in [2.05, 4.69) is 15.4 Å². The van der Waals surface area contributed by atoms with Crippen LogP contribution in [-0.4, -0.2) is 44.9 Å². The van der Waals surface area contributed by atoms with Crippen molar-refractivity contribution in [1.82, 2.24) is 10.6 Å². The number of alkyl carbamates (subject to hydrolysis) is 1. The summed E-state index contributed by atoms with van der Waals surface area (Å²) in [5.41, 5.74) is 0.917. The van der Waals surface area contributed by atoms with Crippen LogP contribution in [0.5, 0.6) is 0 Å². The molecule has 0 aliphatic rings. The first-order valence-corrected chi connectivity index (χ1v) is 14.1. The van der Waals surface area contributed by atoms with Crippen molar-refractivity contribution in [1.29, 1.82) is 0 Å². The van der Waals surface area contributed by atoms with E-state index in [0.717, 1.165) is 19.3 Å². The molecule has 0 saturated heterocycles. The lowest BCUT2D eigenvalue weighted by atomic mass is 10.2. The first-order chi connectivity index (χ1) is 16.9. The van der Waals surface area contributed by atoms with Gasteiger partial charge in [0.25, 0.3) is 5.91 Å². The third kappa shape index (κ3) is 11.1. The van der Waals surface area contributed by atoms with Crippen LogP contribution in [0.25, 0.3) is 0 Å². The average Bonchev–Trinajstić information content (AvgIpc) is 2.78. The maximum absolute atomic E-state index is 12.4. The summed E-state index contributed by atoms with van der Waals surface area (Å²) in [7, 11) is -3.62. The molecule has 0 atom stereocenters. The summed E-state index contributed by atoms with van der Waals surface area (Å²) < 4.78 is 32.6. The van der Waals surface area contributed by atoms with Crippen molar-refractivity contribution in [2.24, 2.45) is 0 Å². The number of carbonyl (C=O) groups excluding carboxylic acids is 2. The molecule has 0 unspecified atom stereocenters. The highest BCUT2D eigenvalue weighted by Gasteiger charge is 2.16. The Hall–Kier alpha value is -2.49. The zero-order chi connectivity index (χ0) is 26.8. The zero-order valence-electron chi connectivity index (χ0n) is 20.7. The molecule has 2 aromatic rings. The Labute approximate surface area is 223 Å². The fraction of sp³-hybridized carbons (Fsp3) is 0.440. The Morgan fingerprint density at radius 3 is 2.19 bits per heavy atom. The van der Waals surface area contributed by atoms with E-state index in [4.69, 9.17) is 27.9 Å². The van der Waals surface area contributed by atoms with E-state index in [9.17, 15) is 18.0 Å². The molecule has 0 bridgehead atoms. The highest BCUT2D eigenvalue weighted by molar-refractivity contribution is 7.92. The lowest BCUT2D eigenvalue weighted by Gasteiger charge is -2.19. The van der Waals surface area contributed by atoms with Crippen LogP contribution >= 0.6 is 23.2 Å². The Balaban J connectivity index is 1.70. The monoisotopic (exact) mass is 557 g/mol. The topological polar surface area (TPSA) is 114 Å². The van der Waals surface area contributed by atoms with Crippen molar-refractivity contribution in [2.75, 3.05) is 23.6 Å². The first kappa shape index (κ1) is 29.7. The quantitative estimate of drug-likeness (QED) is 0.302. The van der Waals surface area contributed by atoms with Crippen LogP contribution in [0.2, 0.25) is 10.0 Å². The van der Waals surface area contributed by atoms with Crippen molar-refractivity contribution in [3.05, 3.63) is 63.6 Å². The molecule has 36 heavy (non-hydrogen) atoms. The third-order valence-corrected chi connectivity index (χ3v) is 7.05. The Morgan fingerprint density at radius 2 is 1.56 bits per heavy atom. The molecule has 0 heterocycles. The lowest BCUT2D eigenvalue weighted by molar-refractivity contribution is 0.0527. The molecule has 2 aromatic carbocycles. The number of amides is 2. The molecule has 0 aliphatic carbocycles. The standard InChI is InChI=1S/C25H33Cl2N3O5S/c1-25(2,3)35-24(32)29-16-6-4-5-15-28-23(31)19-10-12-20(13-11-19)30-36(33,34)17-14-18-8-7-9-21(26)22(18)27/h7-13,30H,4-6,14-17H2,1-3H3,(H,28,31)(H,29,32). The average molecular weight is 559 g/mol. The minimum atomic E-state index is -3.62. The van der Waals surface area contributed by atoms with Crippen LogP contribution in [0, 0.1) is 0 Å². The van der Waals surface area contributed by atoms with Gasteiger partial charge >= 0.3 is 6.09 Å². The summed E-state index contributed by atoms with van der Waals surface area (Å²) in [5.74, 6) is -0.408. The number of aryl methyl sites for hydroxylation is 1. The molecule has 0 saturated carbocycles. The van der Waals surface area contributed by atoms with E-state index >= 15 is 0 Å². The van der Waals surface area contributed by atoms with Crippen molar-refractivity contribution in [2.45, 2.75) is 52.1 Å². The number of unbranched alkanes of at least 4 members (excludes halogenated alkanes) is 2. The second kappa shape index (κ2) is 13.7. The minimum absolute atomic E-state index is 0.164. The lowest BCUT2D eigenvalue weighted by Crippen LogP contribution is -2.33. The number of ether oxygens (including phenoxy) is 1. The smallest absolute Gasteiger partial charge is 0.407 e. The van der Waals surface area contributed by atoms with Crippen LogP contribution in [0.15, 0.2) is 42.5 Å². The van der Waals surface area contributed by atoms with E-state index in [-0.39, 0.29) is 18.1 Å². The van der Waals surface area contributed by atoms with Crippen LogP contribution < -0.4 is 15.4 Å². The van der Waals surface area contributed by atoms with E-state index < -0.39 is 21.7 Å². The molecular formula is C25H33Cl2N3O5S. The third-order valence-electron chi connectivity index (χ3n) is 4.90. The van der Waals surface area contributed by atoms with Gasteiger partial charge in [0.05, 0.1) is 15.8 Å². The molecule has 11 heteroatoms. The summed E-state index contributed by atoms with van der Waals surface area (Å²) in [6.07, 6.45) is 2.14. The Morgan fingerprint density at radius 1 is 0.917 bits per heavy atom. The predicted octanol–water partition coefficient (Wildman–Crippen LogP) is 5.40. The molecule has 0 aromatic heterocycles. The van der Waals surface area contributed by atoms with Gasteiger partial charge in [-0.15, -0.1) is 0 Å². The van der Waals surface area contributed by atoms with Crippen molar-refractivity contribution in [3.8, 4) is 0 Å². The molecule has 0 spiro atoms. The van der Waals surface area contributed by atoms with E-state index in [1.54, 1.807) is 42.5 Å². The number of halogens is 2. The van der Waals surface area contributed by atoms with Gasteiger partial charge in [0, 0.05) is 24.3 Å². The van der Waals surface area contributed by atoms with Gasteiger partial charge in [-0.05, 0) is 82.3 Å². The number of sulfonamides is 1. The zero-order valence-corrected chi connectivity index (χ0v) is 23.0. The largest absolute Gasteiger partial charge is 0.444 e.